The highest BCUT2D eigenvalue weighted by atomic mass is 16.6. The number of carbonyl (C=O) groups excluding carboxylic acids is 2. The average Bonchev–Trinajstić information content (AvgIpc) is 2.91. The molecule has 1 aliphatic heterocycles. The van der Waals surface area contributed by atoms with Crippen LogP contribution in [0, 0.1) is 6.92 Å². The molecule has 0 saturated carbocycles. The summed E-state index contributed by atoms with van der Waals surface area (Å²) >= 11 is 0. The summed E-state index contributed by atoms with van der Waals surface area (Å²) in [5.41, 5.74) is -0.934. The van der Waals surface area contributed by atoms with Crippen molar-refractivity contribution in [1.29, 1.82) is 0 Å². The van der Waals surface area contributed by atoms with E-state index >= 15 is 0 Å². The summed E-state index contributed by atoms with van der Waals surface area (Å²) in [5, 5.41) is 0. The molecule has 2 rings (SSSR count). The number of aliphatic imine (C=N–C) groups is 1. The second kappa shape index (κ2) is 6.63. The van der Waals surface area contributed by atoms with Crippen LogP contribution in [0.3, 0.4) is 0 Å². The number of benzene rings is 1. The van der Waals surface area contributed by atoms with Gasteiger partial charge in [-0.2, -0.15) is 0 Å². The van der Waals surface area contributed by atoms with E-state index in [0.29, 0.717) is 5.56 Å². The van der Waals surface area contributed by atoms with Crippen LogP contribution in [0.5, 0.6) is 0 Å². The standard InChI is InChI=1S/C18H23NO5/c1-6-22-16(21)18(13-9-7-8-12(2)10-13)14(19-11-23-18)15(20)24-17(3,4)5/h7-11,14H,6H2,1-5H3/t14-,18-/m1/s1. The summed E-state index contributed by atoms with van der Waals surface area (Å²) in [4.78, 5) is 29.4. The molecule has 0 spiro atoms. The van der Waals surface area contributed by atoms with Gasteiger partial charge in [-0.3, -0.25) is 0 Å². The summed E-state index contributed by atoms with van der Waals surface area (Å²) in [7, 11) is 0. The van der Waals surface area contributed by atoms with Crippen LogP contribution in [0.2, 0.25) is 0 Å². The normalized spacial score (nSPS) is 22.8. The molecule has 0 amide bonds. The highest BCUT2D eigenvalue weighted by Crippen LogP contribution is 2.37. The van der Waals surface area contributed by atoms with Crippen molar-refractivity contribution in [1.82, 2.24) is 0 Å². The summed E-state index contributed by atoms with van der Waals surface area (Å²) in [6, 6.07) is 6.02. The quantitative estimate of drug-likeness (QED) is 0.792. The predicted octanol–water partition coefficient (Wildman–Crippen LogP) is 2.52. The van der Waals surface area contributed by atoms with E-state index in [9.17, 15) is 9.59 Å². The average molecular weight is 333 g/mol. The van der Waals surface area contributed by atoms with Gasteiger partial charge in [-0.25, -0.2) is 14.6 Å². The second-order valence-electron chi connectivity index (χ2n) is 6.63. The molecule has 0 aromatic heterocycles. The Bertz CT molecular complexity index is 662. The number of esters is 2. The minimum Gasteiger partial charge on any atom is -0.463 e. The molecule has 0 N–H and O–H groups in total. The fraction of sp³-hybridized carbons (Fsp3) is 0.500. The molecule has 6 nitrogen and oxygen atoms in total. The van der Waals surface area contributed by atoms with E-state index in [0.717, 1.165) is 12.0 Å². The lowest BCUT2D eigenvalue weighted by molar-refractivity contribution is -0.175. The van der Waals surface area contributed by atoms with Gasteiger partial charge in [-0.05, 0) is 34.6 Å². The van der Waals surface area contributed by atoms with Gasteiger partial charge in [0.1, 0.15) is 5.60 Å². The maximum atomic E-state index is 12.7. The first-order valence-electron chi connectivity index (χ1n) is 7.87. The fourth-order valence-electron chi connectivity index (χ4n) is 2.55. The van der Waals surface area contributed by atoms with Gasteiger partial charge in [0.25, 0.3) is 5.60 Å². The fourth-order valence-corrected chi connectivity index (χ4v) is 2.55. The van der Waals surface area contributed by atoms with E-state index in [1.165, 1.54) is 0 Å². The van der Waals surface area contributed by atoms with Crippen LogP contribution >= 0.6 is 0 Å². The molecule has 24 heavy (non-hydrogen) atoms. The zero-order valence-electron chi connectivity index (χ0n) is 14.7. The molecule has 0 aliphatic carbocycles. The summed E-state index contributed by atoms with van der Waals surface area (Å²) in [6.07, 6.45) is 1.12. The van der Waals surface area contributed by atoms with Crippen molar-refractivity contribution < 1.29 is 23.8 Å². The molecule has 0 fully saturated rings. The predicted molar refractivity (Wildman–Crippen MR) is 88.7 cm³/mol. The summed E-state index contributed by atoms with van der Waals surface area (Å²) < 4.78 is 16.2. The van der Waals surface area contributed by atoms with Gasteiger partial charge in [0.15, 0.2) is 6.40 Å². The monoisotopic (exact) mass is 333 g/mol. The van der Waals surface area contributed by atoms with Gasteiger partial charge in [-0.15, -0.1) is 0 Å². The van der Waals surface area contributed by atoms with Gasteiger partial charge in [0, 0.05) is 5.56 Å². The van der Waals surface area contributed by atoms with Gasteiger partial charge in [-0.1, -0.05) is 29.8 Å². The lowest BCUT2D eigenvalue weighted by Crippen LogP contribution is -2.51. The van der Waals surface area contributed by atoms with Crippen molar-refractivity contribution in [2.24, 2.45) is 4.99 Å². The minimum atomic E-state index is -1.66. The first-order chi connectivity index (χ1) is 11.2. The third kappa shape index (κ3) is 3.42. The minimum absolute atomic E-state index is 0.163. The van der Waals surface area contributed by atoms with E-state index in [2.05, 4.69) is 4.99 Å². The molecule has 0 saturated heterocycles. The summed E-state index contributed by atoms with van der Waals surface area (Å²) in [5.74, 6) is -1.30. The second-order valence-corrected chi connectivity index (χ2v) is 6.63. The summed E-state index contributed by atoms with van der Waals surface area (Å²) in [6.45, 7) is 9.01. The Labute approximate surface area is 141 Å². The maximum absolute atomic E-state index is 12.7. The third-order valence-electron chi connectivity index (χ3n) is 3.49. The number of hydrogen-bond donors (Lipinski definition) is 0. The Morgan fingerprint density at radius 1 is 1.33 bits per heavy atom. The Hall–Kier alpha value is -2.37. The number of carbonyl (C=O) groups is 2. The first kappa shape index (κ1) is 18.0. The van der Waals surface area contributed by atoms with Crippen LogP contribution in [-0.4, -0.2) is 36.6 Å². The number of ether oxygens (including phenoxy) is 3. The van der Waals surface area contributed by atoms with Crippen molar-refractivity contribution in [2.75, 3.05) is 6.61 Å². The molecule has 1 aromatic rings. The molecule has 0 bridgehead atoms. The van der Waals surface area contributed by atoms with Crippen LogP contribution in [0.15, 0.2) is 29.3 Å². The Morgan fingerprint density at radius 3 is 2.62 bits per heavy atom. The number of nitrogens with zero attached hydrogens (tertiary/aromatic N) is 1. The van der Waals surface area contributed by atoms with Crippen molar-refractivity contribution >= 4 is 18.3 Å². The Kier molecular flexibility index (Phi) is 4.96. The van der Waals surface area contributed by atoms with E-state index in [1.54, 1.807) is 45.9 Å². The number of hydrogen-bond acceptors (Lipinski definition) is 6. The van der Waals surface area contributed by atoms with Crippen LogP contribution in [0.4, 0.5) is 0 Å². The molecular weight excluding hydrogens is 310 g/mol. The van der Waals surface area contributed by atoms with E-state index in [4.69, 9.17) is 14.2 Å². The van der Waals surface area contributed by atoms with Crippen molar-refractivity contribution in [3.63, 3.8) is 0 Å². The molecule has 0 radical (unpaired) electrons. The molecule has 6 heteroatoms. The number of aryl methyl sites for hydroxylation is 1. The Balaban J connectivity index is 2.50. The molecule has 1 aliphatic rings. The van der Waals surface area contributed by atoms with E-state index in [1.807, 2.05) is 13.0 Å². The van der Waals surface area contributed by atoms with Crippen molar-refractivity contribution in [2.45, 2.75) is 51.9 Å². The SMILES string of the molecule is CCOC(=O)[C@]1(c2cccc(C)c2)OC=N[C@@H]1C(=O)OC(C)(C)C. The van der Waals surface area contributed by atoms with Gasteiger partial charge in [0.05, 0.1) is 6.61 Å². The lowest BCUT2D eigenvalue weighted by atomic mass is 9.85. The zero-order valence-corrected chi connectivity index (χ0v) is 14.7. The van der Waals surface area contributed by atoms with Crippen molar-refractivity contribution in [3.05, 3.63) is 35.4 Å². The lowest BCUT2D eigenvalue weighted by Gasteiger charge is -2.31. The first-order valence-corrected chi connectivity index (χ1v) is 7.87. The molecular formula is C18H23NO5. The van der Waals surface area contributed by atoms with Gasteiger partial charge < -0.3 is 14.2 Å². The zero-order chi connectivity index (χ0) is 18.0. The van der Waals surface area contributed by atoms with Gasteiger partial charge >= 0.3 is 11.9 Å². The number of rotatable bonds is 4. The van der Waals surface area contributed by atoms with Crippen LogP contribution in [-0.2, 0) is 29.4 Å². The molecule has 2 atom stereocenters. The highest BCUT2D eigenvalue weighted by Gasteiger charge is 2.58. The molecule has 1 heterocycles. The molecule has 130 valence electrons. The van der Waals surface area contributed by atoms with Crippen molar-refractivity contribution in [3.8, 4) is 0 Å². The Morgan fingerprint density at radius 2 is 2.04 bits per heavy atom. The topological polar surface area (TPSA) is 74.2 Å². The van der Waals surface area contributed by atoms with Crippen LogP contribution in [0.1, 0.15) is 38.8 Å². The van der Waals surface area contributed by atoms with Crippen LogP contribution in [0.25, 0.3) is 0 Å². The maximum Gasteiger partial charge on any atom is 0.358 e. The molecule has 0 unspecified atom stereocenters. The van der Waals surface area contributed by atoms with E-state index in [-0.39, 0.29) is 6.61 Å². The molecule has 1 aromatic carbocycles. The smallest absolute Gasteiger partial charge is 0.358 e. The third-order valence-corrected chi connectivity index (χ3v) is 3.49. The van der Waals surface area contributed by atoms with Gasteiger partial charge in [0.2, 0.25) is 6.04 Å². The van der Waals surface area contributed by atoms with Crippen LogP contribution < -0.4 is 0 Å². The highest BCUT2D eigenvalue weighted by molar-refractivity contribution is 5.94. The largest absolute Gasteiger partial charge is 0.463 e. The van der Waals surface area contributed by atoms with E-state index < -0.39 is 29.2 Å².